The number of hydrogen-bond acceptors (Lipinski definition) is 5. The number of hydrogen-bond donors (Lipinski definition) is 1. The van der Waals surface area contributed by atoms with Gasteiger partial charge in [0.05, 0.1) is 10.4 Å². The Morgan fingerprint density at radius 1 is 1.19 bits per heavy atom. The molecule has 0 saturated heterocycles. The molecule has 1 aromatic heterocycles. The quantitative estimate of drug-likeness (QED) is 0.573. The van der Waals surface area contributed by atoms with E-state index in [1.54, 1.807) is 13.1 Å². The van der Waals surface area contributed by atoms with Crippen LogP contribution in [0.2, 0.25) is 0 Å². The molecule has 0 saturated carbocycles. The molecule has 0 aliphatic rings. The first-order valence-corrected chi connectivity index (χ1v) is 7.71. The van der Waals surface area contributed by atoms with Gasteiger partial charge in [0.1, 0.15) is 12.3 Å². The van der Waals surface area contributed by atoms with Crippen molar-refractivity contribution in [2.75, 3.05) is 5.32 Å². The molecule has 0 aliphatic carbocycles. The zero-order valence-corrected chi connectivity index (χ0v) is 13.8. The van der Waals surface area contributed by atoms with Crippen molar-refractivity contribution in [3.05, 3.63) is 80.6 Å². The summed E-state index contributed by atoms with van der Waals surface area (Å²) in [6, 6.07) is 14.6. The second-order valence-corrected chi connectivity index (χ2v) is 5.61. The van der Waals surface area contributed by atoms with E-state index in [1.807, 2.05) is 24.3 Å². The molecule has 0 radical (unpaired) electrons. The van der Waals surface area contributed by atoms with Crippen molar-refractivity contribution in [3.63, 3.8) is 0 Å². The number of para-hydroxylation sites is 1. The third kappa shape index (κ3) is 3.54. The summed E-state index contributed by atoms with van der Waals surface area (Å²) in [5.41, 5.74) is 1.06. The molecule has 0 bridgehead atoms. The second-order valence-electron chi connectivity index (χ2n) is 5.61. The van der Waals surface area contributed by atoms with E-state index in [2.05, 4.69) is 5.32 Å². The topological polar surface area (TPSA) is 103 Å². The summed E-state index contributed by atoms with van der Waals surface area (Å²) in [7, 11) is 1.62. The molecule has 0 spiro atoms. The number of nitro groups is 1. The molecule has 0 atom stereocenters. The number of rotatable bonds is 4. The number of nitrogens with one attached hydrogen (secondary N) is 1. The number of amides is 1. The van der Waals surface area contributed by atoms with Crippen LogP contribution in [0.1, 0.15) is 5.56 Å². The first-order valence-electron chi connectivity index (χ1n) is 7.71. The van der Waals surface area contributed by atoms with Crippen LogP contribution in [0.25, 0.3) is 10.9 Å². The summed E-state index contributed by atoms with van der Waals surface area (Å²) in [4.78, 5) is 34.4. The number of nitrogens with zero attached hydrogens (tertiary/aromatic N) is 2. The Morgan fingerprint density at radius 2 is 1.88 bits per heavy atom. The lowest BCUT2D eigenvalue weighted by Gasteiger charge is -2.10. The maximum atomic E-state index is 12.3. The molecule has 3 aromatic rings. The van der Waals surface area contributed by atoms with Crippen LogP contribution in [0.15, 0.2) is 59.4 Å². The molecule has 1 heterocycles. The predicted molar refractivity (Wildman–Crippen MR) is 96.1 cm³/mol. The Labute approximate surface area is 147 Å². The van der Waals surface area contributed by atoms with Gasteiger partial charge in [-0.15, -0.1) is 0 Å². The third-order valence-electron chi connectivity index (χ3n) is 3.89. The van der Waals surface area contributed by atoms with E-state index in [0.717, 1.165) is 10.9 Å². The van der Waals surface area contributed by atoms with Crippen LogP contribution in [0, 0.1) is 10.1 Å². The lowest BCUT2D eigenvalue weighted by molar-refractivity contribution is -0.384. The van der Waals surface area contributed by atoms with E-state index in [4.69, 9.17) is 4.74 Å². The fourth-order valence-electron chi connectivity index (χ4n) is 2.52. The van der Waals surface area contributed by atoms with E-state index in [1.165, 1.54) is 28.8 Å². The largest absolute Gasteiger partial charge is 0.444 e. The van der Waals surface area contributed by atoms with Crippen molar-refractivity contribution in [2.24, 2.45) is 7.05 Å². The number of aromatic nitrogens is 1. The number of anilines is 1. The number of non-ortho nitro benzene ring substituents is 1. The first-order chi connectivity index (χ1) is 12.5. The minimum Gasteiger partial charge on any atom is -0.444 e. The second kappa shape index (κ2) is 7.06. The van der Waals surface area contributed by atoms with Crippen LogP contribution < -0.4 is 10.9 Å². The molecule has 26 heavy (non-hydrogen) atoms. The summed E-state index contributed by atoms with van der Waals surface area (Å²) < 4.78 is 6.52. The molecule has 8 heteroatoms. The Balaban J connectivity index is 1.70. The molecule has 132 valence electrons. The van der Waals surface area contributed by atoms with Gasteiger partial charge < -0.3 is 9.30 Å². The van der Waals surface area contributed by atoms with Gasteiger partial charge in [0, 0.05) is 24.6 Å². The van der Waals surface area contributed by atoms with Gasteiger partial charge in [-0.1, -0.05) is 18.2 Å². The number of nitro benzene ring substituents is 1. The van der Waals surface area contributed by atoms with Crippen molar-refractivity contribution in [1.29, 1.82) is 0 Å². The first kappa shape index (κ1) is 17.2. The van der Waals surface area contributed by atoms with E-state index >= 15 is 0 Å². The van der Waals surface area contributed by atoms with Gasteiger partial charge in [-0.05, 0) is 29.8 Å². The number of benzene rings is 2. The number of ether oxygens (including phenoxy) is 1. The molecule has 1 N–H and O–H groups in total. The van der Waals surface area contributed by atoms with Crippen LogP contribution in [-0.2, 0) is 18.4 Å². The number of carbonyl (C=O) groups is 1. The smallest absolute Gasteiger partial charge is 0.412 e. The predicted octanol–water partition coefficient (Wildman–Crippen LogP) is 3.20. The van der Waals surface area contributed by atoms with Gasteiger partial charge in [-0.25, -0.2) is 4.79 Å². The summed E-state index contributed by atoms with van der Waals surface area (Å²) in [5.74, 6) is 0. The van der Waals surface area contributed by atoms with E-state index in [9.17, 15) is 19.7 Å². The third-order valence-corrected chi connectivity index (χ3v) is 3.89. The van der Waals surface area contributed by atoms with Crippen molar-refractivity contribution >= 4 is 28.4 Å². The van der Waals surface area contributed by atoms with Gasteiger partial charge >= 0.3 is 6.09 Å². The van der Waals surface area contributed by atoms with Crippen molar-refractivity contribution in [2.45, 2.75) is 6.61 Å². The minimum atomic E-state index is -0.782. The molecule has 1 amide bonds. The van der Waals surface area contributed by atoms with E-state index in [0.29, 0.717) is 5.56 Å². The zero-order chi connectivity index (χ0) is 18.7. The Bertz CT molecular complexity index is 1040. The summed E-state index contributed by atoms with van der Waals surface area (Å²) in [5, 5.41) is 13.9. The molecular weight excluding hydrogens is 338 g/mol. The summed E-state index contributed by atoms with van der Waals surface area (Å²) in [6.45, 7) is -0.0717. The maximum Gasteiger partial charge on any atom is 0.412 e. The van der Waals surface area contributed by atoms with Crippen molar-refractivity contribution in [3.8, 4) is 0 Å². The van der Waals surface area contributed by atoms with Crippen molar-refractivity contribution in [1.82, 2.24) is 4.57 Å². The van der Waals surface area contributed by atoms with Crippen molar-refractivity contribution < 1.29 is 14.5 Å². The number of carbonyl (C=O) groups excluding carboxylic acids is 1. The monoisotopic (exact) mass is 353 g/mol. The number of pyridine rings is 1. The summed E-state index contributed by atoms with van der Waals surface area (Å²) >= 11 is 0. The van der Waals surface area contributed by atoms with Gasteiger partial charge in [0.2, 0.25) is 0 Å². The summed E-state index contributed by atoms with van der Waals surface area (Å²) in [6.07, 6.45) is -0.782. The van der Waals surface area contributed by atoms with Crippen LogP contribution in [0.4, 0.5) is 16.2 Å². The fraction of sp³-hybridized carbons (Fsp3) is 0.111. The molecule has 0 fully saturated rings. The SMILES string of the molecule is Cn1c(=O)c(NC(=O)OCc2ccc([N+](=O)[O-])cc2)cc2ccccc21. The van der Waals surface area contributed by atoms with Crippen LogP contribution in [0.5, 0.6) is 0 Å². The van der Waals surface area contributed by atoms with E-state index < -0.39 is 11.0 Å². The molecule has 3 rings (SSSR count). The molecule has 0 aliphatic heterocycles. The Kier molecular flexibility index (Phi) is 4.66. The van der Waals surface area contributed by atoms with Gasteiger partial charge in [-0.3, -0.25) is 20.2 Å². The molecule has 0 unspecified atom stereocenters. The normalized spacial score (nSPS) is 10.5. The van der Waals surface area contributed by atoms with Gasteiger partial charge in [0.25, 0.3) is 11.2 Å². The lowest BCUT2D eigenvalue weighted by atomic mass is 10.2. The lowest BCUT2D eigenvalue weighted by Crippen LogP contribution is -2.24. The maximum absolute atomic E-state index is 12.3. The Morgan fingerprint density at radius 3 is 2.58 bits per heavy atom. The fourth-order valence-corrected chi connectivity index (χ4v) is 2.52. The van der Waals surface area contributed by atoms with E-state index in [-0.39, 0.29) is 23.5 Å². The van der Waals surface area contributed by atoms with Gasteiger partial charge in [0.15, 0.2) is 0 Å². The highest BCUT2D eigenvalue weighted by Crippen LogP contribution is 2.16. The molecule has 8 nitrogen and oxygen atoms in total. The highest BCUT2D eigenvalue weighted by molar-refractivity contribution is 5.89. The average molecular weight is 353 g/mol. The zero-order valence-electron chi connectivity index (χ0n) is 13.8. The average Bonchev–Trinajstić information content (AvgIpc) is 2.64. The Hall–Kier alpha value is -3.68. The molecule has 2 aromatic carbocycles. The minimum absolute atomic E-state index is 0.0436. The van der Waals surface area contributed by atoms with Crippen LogP contribution >= 0.6 is 0 Å². The number of aryl methyl sites for hydroxylation is 1. The highest BCUT2D eigenvalue weighted by atomic mass is 16.6. The van der Waals surface area contributed by atoms with Gasteiger partial charge in [-0.2, -0.15) is 0 Å². The standard InChI is InChI=1S/C18H15N3O5/c1-20-16-5-3-2-4-13(16)10-15(17(20)22)19-18(23)26-11-12-6-8-14(9-7-12)21(24)25/h2-10H,11H2,1H3,(H,19,23). The highest BCUT2D eigenvalue weighted by Gasteiger charge is 2.11. The van der Waals surface area contributed by atoms with Crippen LogP contribution in [-0.4, -0.2) is 15.6 Å². The number of fused-ring (bicyclic) bond motifs is 1. The molecular formula is C18H15N3O5. The van der Waals surface area contributed by atoms with Crippen LogP contribution in [0.3, 0.4) is 0 Å².